The molecule has 0 fully saturated rings. The zero-order valence-corrected chi connectivity index (χ0v) is 14.5. The van der Waals surface area contributed by atoms with Crippen molar-refractivity contribution in [2.75, 3.05) is 5.75 Å². The number of Topliss-reactive ketones (excluding diaryl/α,β-unsaturated/α-hetero) is 1. The first-order chi connectivity index (χ1) is 10.3. The normalized spacial score (nSPS) is 10.8. The number of carbonyl (C=O) groups is 1. The van der Waals surface area contributed by atoms with Gasteiger partial charge in [-0.1, -0.05) is 64.5 Å². The monoisotopic (exact) mass is 306 g/mol. The summed E-state index contributed by atoms with van der Waals surface area (Å²) in [6, 6.07) is 8.14. The van der Waals surface area contributed by atoms with E-state index in [4.69, 9.17) is 0 Å². The fourth-order valence-electron chi connectivity index (χ4n) is 2.36. The lowest BCUT2D eigenvalue weighted by molar-refractivity contribution is 0.0981. The van der Waals surface area contributed by atoms with Crippen molar-refractivity contribution in [2.45, 2.75) is 76.5 Å². The molecule has 1 nitrogen and oxygen atoms in total. The molecule has 0 amide bonds. The minimum atomic E-state index is 0.265. The average Bonchev–Trinajstić information content (AvgIpc) is 2.51. The van der Waals surface area contributed by atoms with Crippen LogP contribution in [0.4, 0.5) is 0 Å². The maximum Gasteiger partial charge on any atom is 0.162 e. The van der Waals surface area contributed by atoms with Gasteiger partial charge in [-0.25, -0.2) is 0 Å². The molecule has 0 saturated heterocycles. The summed E-state index contributed by atoms with van der Waals surface area (Å²) in [4.78, 5) is 13.0. The minimum absolute atomic E-state index is 0.265. The van der Waals surface area contributed by atoms with E-state index in [2.05, 4.69) is 19.1 Å². The van der Waals surface area contributed by atoms with Crippen molar-refractivity contribution in [2.24, 2.45) is 0 Å². The summed E-state index contributed by atoms with van der Waals surface area (Å²) in [5, 5.41) is 0. The number of benzene rings is 1. The summed E-state index contributed by atoms with van der Waals surface area (Å²) in [6.45, 7) is 4.31. The van der Waals surface area contributed by atoms with Crippen LogP contribution in [0.1, 0.15) is 82.0 Å². The molecule has 1 rings (SSSR count). The fourth-order valence-corrected chi connectivity index (χ4v) is 3.27. The van der Waals surface area contributed by atoms with Crippen LogP contribution in [-0.4, -0.2) is 11.5 Å². The largest absolute Gasteiger partial charge is 0.294 e. The van der Waals surface area contributed by atoms with Gasteiger partial charge in [-0.05, 0) is 30.7 Å². The molecule has 0 aliphatic heterocycles. The first-order valence-corrected chi connectivity index (χ1v) is 9.52. The fraction of sp³-hybridized carbons (Fsp3) is 0.632. The maximum absolute atomic E-state index is 11.8. The van der Waals surface area contributed by atoms with Crippen molar-refractivity contribution >= 4 is 17.5 Å². The van der Waals surface area contributed by atoms with Gasteiger partial charge in [0.1, 0.15) is 0 Å². The van der Waals surface area contributed by atoms with E-state index < -0.39 is 0 Å². The molecule has 0 radical (unpaired) electrons. The molecule has 0 N–H and O–H groups in total. The number of rotatable bonds is 12. The number of hydrogen-bond donors (Lipinski definition) is 0. The Bertz CT molecular complexity index is 383. The summed E-state index contributed by atoms with van der Waals surface area (Å²) in [5.74, 6) is 1.46. The van der Waals surface area contributed by atoms with Gasteiger partial charge < -0.3 is 0 Å². The second-order valence-electron chi connectivity index (χ2n) is 5.67. The summed E-state index contributed by atoms with van der Waals surface area (Å²) in [6.07, 6.45) is 11.1. The zero-order chi connectivity index (χ0) is 15.3. The van der Waals surface area contributed by atoms with E-state index >= 15 is 0 Å². The van der Waals surface area contributed by atoms with Gasteiger partial charge >= 0.3 is 0 Å². The van der Waals surface area contributed by atoms with E-state index in [9.17, 15) is 4.79 Å². The molecular formula is C19H30OS. The van der Waals surface area contributed by atoms with Gasteiger partial charge in [0.05, 0.1) is 0 Å². The quantitative estimate of drug-likeness (QED) is 0.249. The van der Waals surface area contributed by atoms with Crippen LogP contribution in [0.3, 0.4) is 0 Å². The molecule has 0 aliphatic carbocycles. The number of thioether (sulfide) groups is 1. The molecular weight excluding hydrogens is 276 g/mol. The Balaban J connectivity index is 2.14. The number of hydrogen-bond acceptors (Lipinski definition) is 2. The molecule has 0 bridgehead atoms. The van der Waals surface area contributed by atoms with Crippen molar-refractivity contribution < 1.29 is 4.79 Å². The van der Waals surface area contributed by atoms with E-state index in [-0.39, 0.29) is 5.78 Å². The lowest BCUT2D eigenvalue weighted by atomic mass is 10.1. The van der Waals surface area contributed by atoms with Crippen molar-refractivity contribution in [3.05, 3.63) is 29.8 Å². The zero-order valence-electron chi connectivity index (χ0n) is 13.7. The number of unbranched alkanes of at least 4 members (excludes halogenated alkanes) is 6. The predicted molar refractivity (Wildman–Crippen MR) is 94.4 cm³/mol. The van der Waals surface area contributed by atoms with Crippen LogP contribution in [0.15, 0.2) is 29.2 Å². The summed E-state index contributed by atoms with van der Waals surface area (Å²) in [7, 11) is 0. The highest BCUT2D eigenvalue weighted by Gasteiger charge is 2.04. The topological polar surface area (TPSA) is 17.1 Å². The highest BCUT2D eigenvalue weighted by Crippen LogP contribution is 2.21. The standard InChI is InChI=1S/C19H30OS/c1-3-5-6-7-8-9-10-16-21-18-14-12-17(13-15-18)19(20)11-4-2/h12-15H,3-11,16H2,1-2H3. The minimum Gasteiger partial charge on any atom is -0.294 e. The lowest BCUT2D eigenvalue weighted by Gasteiger charge is -2.04. The van der Waals surface area contributed by atoms with Crippen molar-refractivity contribution in [1.82, 2.24) is 0 Å². The molecule has 0 unspecified atom stereocenters. The molecule has 118 valence electrons. The van der Waals surface area contributed by atoms with Crippen molar-refractivity contribution in [3.63, 3.8) is 0 Å². The highest BCUT2D eigenvalue weighted by molar-refractivity contribution is 7.99. The Labute approximate surface area is 134 Å². The third-order valence-corrected chi connectivity index (χ3v) is 4.77. The molecule has 0 atom stereocenters. The van der Waals surface area contributed by atoms with Gasteiger partial charge in [0.15, 0.2) is 5.78 Å². The first kappa shape index (κ1) is 18.3. The Morgan fingerprint density at radius 2 is 1.48 bits per heavy atom. The first-order valence-electron chi connectivity index (χ1n) is 8.54. The van der Waals surface area contributed by atoms with Gasteiger partial charge in [0.2, 0.25) is 0 Å². The Morgan fingerprint density at radius 3 is 2.10 bits per heavy atom. The second kappa shape index (κ2) is 11.9. The third kappa shape index (κ3) is 8.31. The highest BCUT2D eigenvalue weighted by atomic mass is 32.2. The van der Waals surface area contributed by atoms with E-state index in [1.807, 2.05) is 30.8 Å². The van der Waals surface area contributed by atoms with E-state index in [1.54, 1.807) is 0 Å². The third-order valence-electron chi connectivity index (χ3n) is 3.67. The number of ketones is 1. The van der Waals surface area contributed by atoms with Gasteiger partial charge in [0.25, 0.3) is 0 Å². The van der Waals surface area contributed by atoms with Crippen molar-refractivity contribution in [1.29, 1.82) is 0 Å². The lowest BCUT2D eigenvalue weighted by Crippen LogP contribution is -1.97. The van der Waals surface area contributed by atoms with E-state index in [0.29, 0.717) is 6.42 Å². The van der Waals surface area contributed by atoms with Crippen molar-refractivity contribution in [3.8, 4) is 0 Å². The smallest absolute Gasteiger partial charge is 0.162 e. The summed E-state index contributed by atoms with van der Waals surface area (Å²) < 4.78 is 0. The van der Waals surface area contributed by atoms with Crippen LogP contribution in [0.5, 0.6) is 0 Å². The van der Waals surface area contributed by atoms with Crippen LogP contribution in [-0.2, 0) is 0 Å². The van der Waals surface area contributed by atoms with Gasteiger partial charge in [-0.2, -0.15) is 0 Å². The van der Waals surface area contributed by atoms with Gasteiger partial charge in [-0.15, -0.1) is 11.8 Å². The molecule has 0 saturated carbocycles. The molecule has 0 heterocycles. The van der Waals surface area contributed by atoms with Crippen LogP contribution < -0.4 is 0 Å². The van der Waals surface area contributed by atoms with E-state index in [1.165, 1.54) is 55.6 Å². The SMILES string of the molecule is CCCCCCCCCSc1ccc(C(=O)CCC)cc1. The molecule has 21 heavy (non-hydrogen) atoms. The van der Waals surface area contributed by atoms with E-state index in [0.717, 1.165) is 12.0 Å². The average molecular weight is 307 g/mol. The van der Waals surface area contributed by atoms with Gasteiger partial charge in [-0.3, -0.25) is 4.79 Å². The summed E-state index contributed by atoms with van der Waals surface area (Å²) >= 11 is 1.91. The second-order valence-corrected chi connectivity index (χ2v) is 6.84. The molecule has 0 aliphatic rings. The van der Waals surface area contributed by atoms with Crippen LogP contribution >= 0.6 is 11.8 Å². The maximum atomic E-state index is 11.8. The summed E-state index contributed by atoms with van der Waals surface area (Å²) in [5.41, 5.74) is 0.858. The Hall–Kier alpha value is -0.760. The van der Waals surface area contributed by atoms with Crippen LogP contribution in [0, 0.1) is 0 Å². The molecule has 1 aromatic rings. The predicted octanol–water partition coefficient (Wildman–Crippen LogP) is 6.51. The van der Waals surface area contributed by atoms with Gasteiger partial charge in [0, 0.05) is 16.9 Å². The molecule has 0 spiro atoms. The molecule has 1 aromatic carbocycles. The molecule has 0 aromatic heterocycles. The number of carbonyl (C=O) groups excluding carboxylic acids is 1. The van der Waals surface area contributed by atoms with Crippen LogP contribution in [0.25, 0.3) is 0 Å². The Morgan fingerprint density at radius 1 is 0.857 bits per heavy atom. The molecule has 2 heteroatoms. The Kier molecular flexibility index (Phi) is 10.3. The van der Waals surface area contributed by atoms with Crippen LogP contribution in [0.2, 0.25) is 0 Å².